The number of rotatable bonds is 7. The van der Waals surface area contributed by atoms with Gasteiger partial charge in [0.05, 0.1) is 20.3 Å². The Morgan fingerprint density at radius 3 is 2.67 bits per heavy atom. The van der Waals surface area contributed by atoms with Gasteiger partial charge in [-0.2, -0.15) is 0 Å². The number of aromatic nitrogens is 2. The van der Waals surface area contributed by atoms with E-state index in [-0.39, 0.29) is 0 Å². The summed E-state index contributed by atoms with van der Waals surface area (Å²) in [6.07, 6.45) is 3.70. The van der Waals surface area contributed by atoms with Gasteiger partial charge in [-0.05, 0) is 49.4 Å². The zero-order valence-corrected chi connectivity index (χ0v) is 14.0. The van der Waals surface area contributed by atoms with Gasteiger partial charge in [-0.3, -0.25) is 4.90 Å². The van der Waals surface area contributed by atoms with Gasteiger partial charge >= 0.3 is 0 Å². The van der Waals surface area contributed by atoms with E-state index in [9.17, 15) is 0 Å². The highest BCUT2D eigenvalue weighted by Crippen LogP contribution is 2.30. The SMILES string of the molecule is COc1ccc(-c2nnc(CN(C[C@H]3CCOC3)C3CC3)o2)cc1. The van der Waals surface area contributed by atoms with Crippen molar-refractivity contribution in [2.75, 3.05) is 26.9 Å². The summed E-state index contributed by atoms with van der Waals surface area (Å²) in [5, 5.41) is 8.44. The van der Waals surface area contributed by atoms with Crippen molar-refractivity contribution in [2.24, 2.45) is 5.92 Å². The molecular formula is C18H23N3O3. The Balaban J connectivity index is 1.42. The molecule has 6 nitrogen and oxygen atoms in total. The van der Waals surface area contributed by atoms with Gasteiger partial charge in [-0.25, -0.2) is 0 Å². The number of benzene rings is 1. The molecule has 2 aliphatic rings. The number of nitrogens with zero attached hydrogens (tertiary/aromatic N) is 3. The average Bonchev–Trinajstić information content (AvgIpc) is 3.14. The summed E-state index contributed by atoms with van der Waals surface area (Å²) in [5.74, 6) is 2.70. The summed E-state index contributed by atoms with van der Waals surface area (Å²) in [4.78, 5) is 2.48. The van der Waals surface area contributed by atoms with Crippen LogP contribution in [0.3, 0.4) is 0 Å². The van der Waals surface area contributed by atoms with Gasteiger partial charge in [-0.15, -0.1) is 10.2 Å². The topological polar surface area (TPSA) is 60.6 Å². The van der Waals surface area contributed by atoms with E-state index >= 15 is 0 Å². The first-order chi connectivity index (χ1) is 11.8. The highest BCUT2D eigenvalue weighted by molar-refractivity contribution is 5.53. The third-order valence-corrected chi connectivity index (χ3v) is 4.72. The van der Waals surface area contributed by atoms with Gasteiger partial charge in [0, 0.05) is 24.8 Å². The second-order valence-electron chi connectivity index (χ2n) is 6.62. The van der Waals surface area contributed by atoms with Crippen LogP contribution in [0.25, 0.3) is 11.5 Å². The maximum Gasteiger partial charge on any atom is 0.247 e. The molecule has 0 spiro atoms. The molecule has 24 heavy (non-hydrogen) atoms. The molecule has 1 aliphatic heterocycles. The lowest BCUT2D eigenvalue weighted by Gasteiger charge is -2.22. The molecule has 4 rings (SSSR count). The third kappa shape index (κ3) is 3.60. The van der Waals surface area contributed by atoms with Crippen molar-refractivity contribution >= 4 is 0 Å². The smallest absolute Gasteiger partial charge is 0.247 e. The fraction of sp³-hybridized carbons (Fsp3) is 0.556. The average molecular weight is 329 g/mol. The van der Waals surface area contributed by atoms with Crippen molar-refractivity contribution in [1.82, 2.24) is 15.1 Å². The summed E-state index contributed by atoms with van der Waals surface area (Å²) in [6, 6.07) is 8.34. The van der Waals surface area contributed by atoms with Crippen LogP contribution in [0, 0.1) is 5.92 Å². The maximum atomic E-state index is 5.88. The van der Waals surface area contributed by atoms with Crippen molar-refractivity contribution in [3.63, 3.8) is 0 Å². The molecule has 1 saturated carbocycles. The van der Waals surface area contributed by atoms with Gasteiger partial charge in [0.2, 0.25) is 11.8 Å². The summed E-state index contributed by atoms with van der Waals surface area (Å²) >= 11 is 0. The Hall–Kier alpha value is -1.92. The molecular weight excluding hydrogens is 306 g/mol. The molecule has 1 aromatic heterocycles. The monoisotopic (exact) mass is 329 g/mol. The molecule has 2 heterocycles. The Labute approximate surface area is 141 Å². The first-order valence-corrected chi connectivity index (χ1v) is 8.60. The lowest BCUT2D eigenvalue weighted by Crippen LogP contribution is -2.31. The van der Waals surface area contributed by atoms with Crippen LogP contribution < -0.4 is 4.74 Å². The van der Waals surface area contributed by atoms with Gasteiger partial charge < -0.3 is 13.9 Å². The van der Waals surface area contributed by atoms with Crippen LogP contribution in [0.2, 0.25) is 0 Å². The van der Waals surface area contributed by atoms with E-state index < -0.39 is 0 Å². The second kappa shape index (κ2) is 6.91. The van der Waals surface area contributed by atoms with E-state index in [2.05, 4.69) is 15.1 Å². The van der Waals surface area contributed by atoms with Crippen LogP contribution in [-0.4, -0.2) is 48.0 Å². The normalized spacial score (nSPS) is 20.7. The van der Waals surface area contributed by atoms with Crippen molar-refractivity contribution in [2.45, 2.75) is 31.8 Å². The Morgan fingerprint density at radius 2 is 2.00 bits per heavy atom. The fourth-order valence-electron chi connectivity index (χ4n) is 3.18. The molecule has 1 saturated heterocycles. The van der Waals surface area contributed by atoms with E-state index in [0.717, 1.165) is 44.0 Å². The molecule has 0 N–H and O–H groups in total. The zero-order chi connectivity index (χ0) is 16.4. The molecule has 1 aliphatic carbocycles. The molecule has 0 radical (unpaired) electrons. The maximum absolute atomic E-state index is 5.88. The minimum absolute atomic E-state index is 0.563. The first kappa shape index (κ1) is 15.6. The van der Waals surface area contributed by atoms with Crippen molar-refractivity contribution in [1.29, 1.82) is 0 Å². The van der Waals surface area contributed by atoms with Crippen LogP contribution in [0.15, 0.2) is 28.7 Å². The van der Waals surface area contributed by atoms with Crippen molar-refractivity contribution in [3.8, 4) is 17.2 Å². The van der Waals surface area contributed by atoms with E-state index in [0.29, 0.717) is 23.7 Å². The predicted octanol–water partition coefficient (Wildman–Crippen LogP) is 2.75. The van der Waals surface area contributed by atoms with E-state index in [4.69, 9.17) is 13.9 Å². The summed E-state index contributed by atoms with van der Waals surface area (Å²) in [6.45, 7) is 3.56. The number of hydrogen-bond donors (Lipinski definition) is 0. The lowest BCUT2D eigenvalue weighted by molar-refractivity contribution is 0.156. The molecule has 0 amide bonds. The van der Waals surface area contributed by atoms with Gasteiger partial charge in [0.15, 0.2) is 0 Å². The largest absolute Gasteiger partial charge is 0.497 e. The number of ether oxygens (including phenoxy) is 2. The molecule has 1 aromatic carbocycles. The zero-order valence-electron chi connectivity index (χ0n) is 14.0. The van der Waals surface area contributed by atoms with E-state index in [1.165, 1.54) is 12.8 Å². The predicted molar refractivity (Wildman–Crippen MR) is 88.6 cm³/mol. The van der Waals surface area contributed by atoms with Crippen LogP contribution >= 0.6 is 0 Å². The quantitative estimate of drug-likeness (QED) is 0.778. The van der Waals surface area contributed by atoms with Crippen LogP contribution in [0.1, 0.15) is 25.2 Å². The molecule has 0 bridgehead atoms. The van der Waals surface area contributed by atoms with Gasteiger partial charge in [0.25, 0.3) is 0 Å². The number of methoxy groups -OCH3 is 1. The highest BCUT2D eigenvalue weighted by Gasteiger charge is 2.32. The van der Waals surface area contributed by atoms with Gasteiger partial charge in [-0.1, -0.05) is 0 Å². The first-order valence-electron chi connectivity index (χ1n) is 8.60. The molecule has 1 atom stereocenters. The molecule has 2 fully saturated rings. The molecule has 0 unspecified atom stereocenters. The third-order valence-electron chi connectivity index (χ3n) is 4.72. The van der Waals surface area contributed by atoms with E-state index in [1.807, 2.05) is 24.3 Å². The lowest BCUT2D eigenvalue weighted by atomic mass is 10.1. The Morgan fingerprint density at radius 1 is 1.17 bits per heavy atom. The Kier molecular flexibility index (Phi) is 4.49. The molecule has 2 aromatic rings. The molecule has 6 heteroatoms. The number of hydrogen-bond acceptors (Lipinski definition) is 6. The molecule has 128 valence electrons. The van der Waals surface area contributed by atoms with Crippen LogP contribution in [-0.2, 0) is 11.3 Å². The summed E-state index contributed by atoms with van der Waals surface area (Å²) < 4.78 is 16.6. The Bertz CT molecular complexity index is 660. The fourth-order valence-corrected chi connectivity index (χ4v) is 3.18. The van der Waals surface area contributed by atoms with Gasteiger partial charge in [0.1, 0.15) is 5.75 Å². The standard InChI is InChI=1S/C18H23N3O3/c1-22-16-6-2-14(3-7-16)18-20-19-17(24-18)11-21(15-4-5-15)10-13-8-9-23-12-13/h2-3,6-7,13,15H,4-5,8-12H2,1H3/t13-/m1/s1. The second-order valence-corrected chi connectivity index (χ2v) is 6.62. The summed E-state index contributed by atoms with van der Waals surface area (Å²) in [7, 11) is 1.65. The van der Waals surface area contributed by atoms with E-state index in [1.54, 1.807) is 7.11 Å². The minimum atomic E-state index is 0.563. The van der Waals surface area contributed by atoms with Crippen molar-refractivity contribution < 1.29 is 13.9 Å². The van der Waals surface area contributed by atoms with Crippen LogP contribution in [0.4, 0.5) is 0 Å². The van der Waals surface area contributed by atoms with Crippen LogP contribution in [0.5, 0.6) is 5.75 Å². The highest BCUT2D eigenvalue weighted by atomic mass is 16.5. The minimum Gasteiger partial charge on any atom is -0.497 e. The van der Waals surface area contributed by atoms with Crippen molar-refractivity contribution in [3.05, 3.63) is 30.2 Å². The summed E-state index contributed by atoms with van der Waals surface area (Å²) in [5.41, 5.74) is 0.914.